The molecule has 0 aliphatic heterocycles. The van der Waals surface area contributed by atoms with Gasteiger partial charge in [-0.15, -0.1) is 0 Å². The molecule has 1 amide bonds. The largest absolute Gasteiger partial charge is 0.466 e. The van der Waals surface area contributed by atoms with E-state index in [1.54, 1.807) is 39.0 Å². The summed E-state index contributed by atoms with van der Waals surface area (Å²) in [6.07, 6.45) is 1.42. The highest BCUT2D eigenvalue weighted by Crippen LogP contribution is 2.22. The third-order valence-corrected chi connectivity index (χ3v) is 4.13. The van der Waals surface area contributed by atoms with Crippen LogP contribution >= 0.6 is 11.6 Å². The predicted molar refractivity (Wildman–Crippen MR) is 96.5 cm³/mol. The molecule has 1 aromatic carbocycles. The fourth-order valence-corrected chi connectivity index (χ4v) is 2.80. The summed E-state index contributed by atoms with van der Waals surface area (Å²) in [5.41, 5.74) is 4.65. The van der Waals surface area contributed by atoms with E-state index in [2.05, 4.69) is 15.6 Å². The second-order valence-corrected chi connectivity index (χ2v) is 6.06. The maximum Gasteiger partial charge on any atom is 0.274 e. The third-order valence-electron chi connectivity index (χ3n) is 3.76. The van der Waals surface area contributed by atoms with Gasteiger partial charge in [0.15, 0.2) is 0 Å². The number of amides is 1. The molecule has 0 radical (unpaired) electrons. The molecule has 0 bridgehead atoms. The van der Waals surface area contributed by atoms with E-state index in [0.717, 1.165) is 0 Å². The molecule has 2 heterocycles. The Hall–Kier alpha value is -2.93. The Balaban J connectivity index is 1.80. The molecular formula is C18H16ClFN4O2. The Bertz CT molecular complexity index is 990. The number of hydrogen-bond acceptors (Lipinski definition) is 4. The lowest BCUT2D eigenvalue weighted by Crippen LogP contribution is -2.17. The zero-order valence-corrected chi connectivity index (χ0v) is 15.1. The number of furan rings is 1. The second-order valence-electron chi connectivity index (χ2n) is 5.70. The molecule has 6 nitrogen and oxygen atoms in total. The number of halogens is 2. The molecule has 8 heteroatoms. The van der Waals surface area contributed by atoms with Gasteiger partial charge >= 0.3 is 0 Å². The van der Waals surface area contributed by atoms with E-state index in [9.17, 15) is 9.18 Å². The molecular weight excluding hydrogens is 359 g/mol. The first-order valence-electron chi connectivity index (χ1n) is 7.78. The lowest BCUT2D eigenvalue weighted by atomic mass is 10.2. The van der Waals surface area contributed by atoms with Crippen LogP contribution < -0.4 is 5.43 Å². The highest BCUT2D eigenvalue weighted by molar-refractivity contribution is 6.32. The van der Waals surface area contributed by atoms with Crippen LogP contribution in [-0.2, 0) is 0 Å². The number of carbonyl (C=O) groups excluding carboxylic acids is 1. The van der Waals surface area contributed by atoms with Crippen LogP contribution in [0, 0.1) is 26.6 Å². The number of nitrogens with one attached hydrogen (secondary N) is 1. The zero-order valence-electron chi connectivity index (χ0n) is 14.4. The molecule has 3 aromatic rings. The molecule has 134 valence electrons. The van der Waals surface area contributed by atoms with Gasteiger partial charge in [-0.05, 0) is 51.1 Å². The van der Waals surface area contributed by atoms with Crippen molar-refractivity contribution in [1.29, 1.82) is 0 Å². The molecule has 1 N–H and O–H groups in total. The summed E-state index contributed by atoms with van der Waals surface area (Å²) in [5, 5.41) is 8.58. The number of aromatic nitrogens is 2. The highest BCUT2D eigenvalue weighted by Gasteiger charge is 2.15. The van der Waals surface area contributed by atoms with E-state index in [-0.39, 0.29) is 11.7 Å². The summed E-state index contributed by atoms with van der Waals surface area (Å²) in [6.45, 7) is 5.23. The smallest absolute Gasteiger partial charge is 0.274 e. The first kappa shape index (κ1) is 17.9. The average molecular weight is 375 g/mol. The predicted octanol–water partition coefficient (Wildman–Crippen LogP) is 3.95. The third kappa shape index (κ3) is 3.52. The van der Waals surface area contributed by atoms with Crippen LogP contribution in [0.5, 0.6) is 0 Å². The minimum absolute atomic E-state index is 0.308. The molecule has 0 fully saturated rings. The number of carbonyl (C=O) groups is 1. The Morgan fingerprint density at radius 2 is 2.00 bits per heavy atom. The molecule has 0 saturated heterocycles. The van der Waals surface area contributed by atoms with Crippen LogP contribution in [0.15, 0.2) is 39.9 Å². The summed E-state index contributed by atoms with van der Waals surface area (Å²) in [4.78, 5) is 12.1. The Morgan fingerprint density at radius 3 is 2.62 bits per heavy atom. The lowest BCUT2D eigenvalue weighted by molar-refractivity contribution is 0.0953. The van der Waals surface area contributed by atoms with Crippen LogP contribution in [0.2, 0.25) is 5.15 Å². The fourth-order valence-electron chi connectivity index (χ4n) is 2.48. The number of nitrogens with zero attached hydrogens (tertiary/aromatic N) is 3. The summed E-state index contributed by atoms with van der Waals surface area (Å²) in [7, 11) is 0. The number of aryl methyl sites for hydroxylation is 3. The molecule has 26 heavy (non-hydrogen) atoms. The van der Waals surface area contributed by atoms with Crippen molar-refractivity contribution in [3.05, 3.63) is 69.6 Å². The zero-order chi connectivity index (χ0) is 18.8. The Labute approximate surface area is 154 Å². The summed E-state index contributed by atoms with van der Waals surface area (Å²) in [5.74, 6) is 0.447. The molecule has 2 aromatic heterocycles. The minimum atomic E-state index is -0.379. The van der Waals surface area contributed by atoms with Gasteiger partial charge in [0.2, 0.25) is 0 Å². The van der Waals surface area contributed by atoms with E-state index in [4.69, 9.17) is 16.0 Å². The van der Waals surface area contributed by atoms with Crippen LogP contribution in [0.3, 0.4) is 0 Å². The van der Waals surface area contributed by atoms with E-state index in [1.807, 2.05) is 0 Å². The van der Waals surface area contributed by atoms with Crippen molar-refractivity contribution >= 4 is 23.7 Å². The quantitative estimate of drug-likeness (QED) is 0.555. The monoisotopic (exact) mass is 374 g/mol. The molecule has 0 saturated carbocycles. The van der Waals surface area contributed by atoms with E-state index < -0.39 is 0 Å². The molecule has 0 atom stereocenters. The van der Waals surface area contributed by atoms with Crippen molar-refractivity contribution in [2.24, 2.45) is 5.10 Å². The molecule has 0 unspecified atom stereocenters. The van der Waals surface area contributed by atoms with Gasteiger partial charge in [-0.25, -0.2) is 14.5 Å². The highest BCUT2D eigenvalue weighted by atomic mass is 35.5. The first-order chi connectivity index (χ1) is 12.4. The van der Waals surface area contributed by atoms with Crippen molar-refractivity contribution in [2.75, 3.05) is 0 Å². The van der Waals surface area contributed by atoms with E-state index >= 15 is 0 Å². The molecule has 0 aliphatic carbocycles. The van der Waals surface area contributed by atoms with Crippen molar-refractivity contribution < 1.29 is 13.6 Å². The van der Waals surface area contributed by atoms with Gasteiger partial charge in [-0.1, -0.05) is 11.6 Å². The number of benzene rings is 1. The standard InChI is InChI=1S/C18H16ClFN4O2/c1-10-8-15(12(3)26-10)18(25)22-21-9-16-11(2)23-24(17(16)19)14-6-4-13(20)5-7-14/h4-9H,1-3H3,(H,22,25)/b21-9-. The van der Waals surface area contributed by atoms with Crippen LogP contribution in [0.25, 0.3) is 5.69 Å². The van der Waals surface area contributed by atoms with Gasteiger partial charge in [0.1, 0.15) is 22.5 Å². The summed E-state index contributed by atoms with van der Waals surface area (Å²) >= 11 is 6.35. The Morgan fingerprint density at radius 1 is 1.31 bits per heavy atom. The van der Waals surface area contributed by atoms with Gasteiger partial charge in [-0.2, -0.15) is 10.2 Å². The fraction of sp³-hybridized carbons (Fsp3) is 0.167. The number of hydrogen-bond donors (Lipinski definition) is 1. The van der Waals surface area contributed by atoms with E-state index in [0.29, 0.717) is 39.2 Å². The van der Waals surface area contributed by atoms with Gasteiger partial charge in [0, 0.05) is 0 Å². The molecule has 0 aliphatic rings. The van der Waals surface area contributed by atoms with Crippen molar-refractivity contribution in [3.8, 4) is 5.69 Å². The van der Waals surface area contributed by atoms with Crippen molar-refractivity contribution in [1.82, 2.24) is 15.2 Å². The van der Waals surface area contributed by atoms with Crippen LogP contribution in [-0.4, -0.2) is 21.9 Å². The van der Waals surface area contributed by atoms with Crippen molar-refractivity contribution in [3.63, 3.8) is 0 Å². The maximum atomic E-state index is 13.1. The maximum absolute atomic E-state index is 13.1. The number of hydrazone groups is 1. The summed E-state index contributed by atoms with van der Waals surface area (Å²) in [6, 6.07) is 7.43. The van der Waals surface area contributed by atoms with Crippen LogP contribution in [0.1, 0.15) is 33.1 Å². The van der Waals surface area contributed by atoms with Gasteiger partial charge < -0.3 is 4.42 Å². The Kier molecular flexibility index (Phi) is 4.90. The van der Waals surface area contributed by atoms with Gasteiger partial charge in [-0.3, -0.25) is 4.79 Å². The average Bonchev–Trinajstić information content (AvgIpc) is 3.08. The minimum Gasteiger partial charge on any atom is -0.466 e. The first-order valence-corrected chi connectivity index (χ1v) is 8.16. The number of rotatable bonds is 4. The normalized spacial score (nSPS) is 11.3. The van der Waals surface area contributed by atoms with Crippen molar-refractivity contribution in [2.45, 2.75) is 20.8 Å². The summed E-state index contributed by atoms with van der Waals surface area (Å²) < 4.78 is 19.9. The van der Waals surface area contributed by atoms with Gasteiger partial charge in [0.25, 0.3) is 5.91 Å². The second kappa shape index (κ2) is 7.13. The SMILES string of the molecule is Cc1cc(C(=O)N/N=C\c2c(C)nn(-c3ccc(F)cc3)c2Cl)c(C)o1. The molecule has 3 rings (SSSR count). The van der Waals surface area contributed by atoms with E-state index in [1.165, 1.54) is 23.0 Å². The lowest BCUT2D eigenvalue weighted by Gasteiger charge is -2.02. The molecule has 0 spiro atoms. The topological polar surface area (TPSA) is 72.4 Å². The van der Waals surface area contributed by atoms with Gasteiger partial charge in [0.05, 0.1) is 28.7 Å². The van der Waals surface area contributed by atoms with Crippen LogP contribution in [0.4, 0.5) is 4.39 Å².